The molecule has 2 saturated carbocycles. The van der Waals surface area contributed by atoms with Crippen LogP contribution in [0.5, 0.6) is 0 Å². The van der Waals surface area contributed by atoms with E-state index in [4.69, 9.17) is 4.52 Å². The van der Waals surface area contributed by atoms with E-state index < -0.39 is 0 Å². The quantitative estimate of drug-likeness (QED) is 0.921. The van der Waals surface area contributed by atoms with Crippen molar-refractivity contribution in [3.8, 4) is 0 Å². The lowest BCUT2D eigenvalue weighted by Gasteiger charge is -2.21. The summed E-state index contributed by atoms with van der Waals surface area (Å²) in [5, 5.41) is 8.00. The van der Waals surface area contributed by atoms with Gasteiger partial charge in [-0.05, 0) is 55.6 Å². The maximum absolute atomic E-state index is 12.1. The van der Waals surface area contributed by atoms with Crippen LogP contribution in [0.15, 0.2) is 28.8 Å². The first-order valence-electron chi connectivity index (χ1n) is 8.39. The lowest BCUT2D eigenvalue weighted by atomic mass is 9.86. The van der Waals surface area contributed by atoms with Gasteiger partial charge in [-0.1, -0.05) is 23.7 Å². The molecule has 1 aromatic heterocycles. The normalized spacial score (nSPS) is 26.6. The Morgan fingerprint density at radius 1 is 1.27 bits per heavy atom. The van der Waals surface area contributed by atoms with Crippen molar-refractivity contribution in [1.29, 1.82) is 0 Å². The third kappa shape index (κ3) is 2.62. The van der Waals surface area contributed by atoms with Gasteiger partial charge in [0.05, 0.1) is 6.42 Å². The summed E-state index contributed by atoms with van der Waals surface area (Å²) in [6, 6.07) is 7.67. The van der Waals surface area contributed by atoms with E-state index in [0.717, 1.165) is 47.4 Å². The SMILES string of the molecule is O=C(Cc1noc2ccccc12)NCCC1CC2CCC1C2. The average molecular weight is 298 g/mol. The third-order valence-electron chi connectivity index (χ3n) is 5.50. The largest absolute Gasteiger partial charge is 0.356 e. The van der Waals surface area contributed by atoms with Crippen LogP contribution in [-0.2, 0) is 11.2 Å². The fourth-order valence-electron chi connectivity index (χ4n) is 4.41. The maximum Gasteiger partial charge on any atom is 0.226 e. The number of nitrogens with zero attached hydrogens (tertiary/aromatic N) is 1. The van der Waals surface area contributed by atoms with E-state index in [0.29, 0.717) is 6.42 Å². The minimum absolute atomic E-state index is 0.0437. The van der Waals surface area contributed by atoms with Crippen LogP contribution in [0.2, 0.25) is 0 Å². The monoisotopic (exact) mass is 298 g/mol. The number of fused-ring (bicyclic) bond motifs is 3. The Kier molecular flexibility index (Phi) is 3.60. The zero-order valence-corrected chi connectivity index (χ0v) is 12.8. The van der Waals surface area contributed by atoms with E-state index in [2.05, 4.69) is 10.5 Å². The molecule has 1 heterocycles. The lowest BCUT2D eigenvalue weighted by Crippen LogP contribution is -2.28. The van der Waals surface area contributed by atoms with Gasteiger partial charge in [-0.3, -0.25) is 4.79 Å². The number of hydrogen-bond donors (Lipinski definition) is 1. The summed E-state index contributed by atoms with van der Waals surface area (Å²) < 4.78 is 5.24. The highest BCUT2D eigenvalue weighted by Gasteiger charge is 2.38. The van der Waals surface area contributed by atoms with Crippen molar-refractivity contribution in [3.05, 3.63) is 30.0 Å². The Morgan fingerprint density at radius 3 is 3.00 bits per heavy atom. The highest BCUT2D eigenvalue weighted by molar-refractivity contribution is 5.86. The summed E-state index contributed by atoms with van der Waals surface area (Å²) in [6.07, 6.45) is 7.10. The second-order valence-electron chi connectivity index (χ2n) is 6.88. The first-order chi connectivity index (χ1) is 10.8. The Bertz CT molecular complexity index is 679. The van der Waals surface area contributed by atoms with Crippen molar-refractivity contribution in [2.45, 2.75) is 38.5 Å². The van der Waals surface area contributed by atoms with Crippen LogP contribution in [0, 0.1) is 17.8 Å². The maximum atomic E-state index is 12.1. The average Bonchev–Trinajstić information content (AvgIpc) is 3.23. The summed E-state index contributed by atoms with van der Waals surface area (Å²) >= 11 is 0. The first kappa shape index (κ1) is 13.8. The van der Waals surface area contributed by atoms with Gasteiger partial charge >= 0.3 is 0 Å². The number of benzene rings is 1. The zero-order chi connectivity index (χ0) is 14.9. The molecule has 2 fully saturated rings. The van der Waals surface area contributed by atoms with Gasteiger partial charge in [-0.15, -0.1) is 0 Å². The van der Waals surface area contributed by atoms with Gasteiger partial charge in [0, 0.05) is 11.9 Å². The van der Waals surface area contributed by atoms with E-state index in [-0.39, 0.29) is 5.91 Å². The molecule has 4 heteroatoms. The molecule has 3 unspecified atom stereocenters. The van der Waals surface area contributed by atoms with Crippen molar-refractivity contribution in [1.82, 2.24) is 10.5 Å². The van der Waals surface area contributed by atoms with Crippen LogP contribution >= 0.6 is 0 Å². The third-order valence-corrected chi connectivity index (χ3v) is 5.50. The Labute approximate surface area is 130 Å². The number of nitrogens with one attached hydrogen (secondary N) is 1. The number of para-hydroxylation sites is 1. The number of amides is 1. The minimum Gasteiger partial charge on any atom is -0.356 e. The van der Waals surface area contributed by atoms with Crippen LogP contribution in [0.3, 0.4) is 0 Å². The van der Waals surface area contributed by atoms with Crippen LogP contribution < -0.4 is 5.32 Å². The molecule has 0 spiro atoms. The summed E-state index contributed by atoms with van der Waals surface area (Å²) in [5.74, 6) is 2.79. The predicted octanol–water partition coefficient (Wildman–Crippen LogP) is 3.31. The fraction of sp³-hybridized carbons (Fsp3) is 0.556. The zero-order valence-electron chi connectivity index (χ0n) is 12.8. The number of aromatic nitrogens is 1. The molecular formula is C18H22N2O2. The molecule has 0 radical (unpaired) electrons. The van der Waals surface area contributed by atoms with E-state index in [9.17, 15) is 4.79 Å². The highest BCUT2D eigenvalue weighted by Crippen LogP contribution is 2.49. The predicted molar refractivity (Wildman–Crippen MR) is 84.3 cm³/mol. The molecule has 0 saturated heterocycles. The number of hydrogen-bond acceptors (Lipinski definition) is 3. The van der Waals surface area contributed by atoms with Gasteiger partial charge < -0.3 is 9.84 Å². The standard InChI is InChI=1S/C18H22N2O2/c21-18(11-16-15-3-1-2-4-17(15)22-20-16)19-8-7-14-10-12-5-6-13(14)9-12/h1-4,12-14H,5-11H2,(H,19,21). The molecule has 22 heavy (non-hydrogen) atoms. The van der Waals surface area contributed by atoms with Gasteiger partial charge in [-0.2, -0.15) is 0 Å². The van der Waals surface area contributed by atoms with Crippen molar-refractivity contribution in [3.63, 3.8) is 0 Å². The van der Waals surface area contributed by atoms with Crippen LogP contribution in [0.1, 0.15) is 37.8 Å². The topological polar surface area (TPSA) is 55.1 Å². The van der Waals surface area contributed by atoms with E-state index in [1.807, 2.05) is 24.3 Å². The molecule has 0 aliphatic heterocycles. The molecule has 3 atom stereocenters. The molecule has 1 N–H and O–H groups in total. The second-order valence-corrected chi connectivity index (χ2v) is 6.88. The van der Waals surface area contributed by atoms with Crippen molar-refractivity contribution < 1.29 is 9.32 Å². The van der Waals surface area contributed by atoms with Gasteiger partial charge in [0.2, 0.25) is 5.91 Å². The van der Waals surface area contributed by atoms with Crippen LogP contribution in [-0.4, -0.2) is 17.6 Å². The van der Waals surface area contributed by atoms with E-state index in [1.165, 1.54) is 25.7 Å². The van der Waals surface area contributed by atoms with Crippen LogP contribution in [0.4, 0.5) is 0 Å². The molecule has 2 aliphatic rings. The second kappa shape index (κ2) is 5.75. The van der Waals surface area contributed by atoms with Crippen molar-refractivity contribution in [2.24, 2.45) is 17.8 Å². The van der Waals surface area contributed by atoms with Gasteiger partial charge in [0.15, 0.2) is 5.58 Å². The van der Waals surface area contributed by atoms with Gasteiger partial charge in [0.25, 0.3) is 0 Å². The Balaban J connectivity index is 1.28. The van der Waals surface area contributed by atoms with Gasteiger partial charge in [-0.25, -0.2) is 0 Å². The summed E-state index contributed by atoms with van der Waals surface area (Å²) in [5.41, 5.74) is 1.47. The lowest BCUT2D eigenvalue weighted by molar-refractivity contribution is -0.120. The van der Waals surface area contributed by atoms with Crippen LogP contribution in [0.25, 0.3) is 11.0 Å². The Hall–Kier alpha value is -1.84. The first-order valence-corrected chi connectivity index (χ1v) is 8.39. The number of rotatable bonds is 5. The summed E-state index contributed by atoms with van der Waals surface area (Å²) in [7, 11) is 0. The molecule has 2 aromatic rings. The van der Waals surface area contributed by atoms with Crippen molar-refractivity contribution >= 4 is 16.9 Å². The van der Waals surface area contributed by atoms with Crippen molar-refractivity contribution in [2.75, 3.05) is 6.54 Å². The molecule has 1 aromatic carbocycles. The summed E-state index contributed by atoms with van der Waals surface area (Å²) in [4.78, 5) is 12.1. The molecule has 4 rings (SSSR count). The molecule has 116 valence electrons. The molecule has 4 nitrogen and oxygen atoms in total. The number of carbonyl (C=O) groups is 1. The van der Waals surface area contributed by atoms with Gasteiger partial charge in [0.1, 0.15) is 5.69 Å². The Morgan fingerprint density at radius 2 is 2.18 bits per heavy atom. The molecular weight excluding hydrogens is 276 g/mol. The fourth-order valence-corrected chi connectivity index (χ4v) is 4.41. The molecule has 2 aliphatic carbocycles. The minimum atomic E-state index is 0.0437. The molecule has 1 amide bonds. The van der Waals surface area contributed by atoms with E-state index >= 15 is 0 Å². The summed E-state index contributed by atoms with van der Waals surface area (Å²) in [6.45, 7) is 0.794. The smallest absolute Gasteiger partial charge is 0.226 e. The molecule has 2 bridgehead atoms. The van der Waals surface area contributed by atoms with E-state index in [1.54, 1.807) is 0 Å². The highest BCUT2D eigenvalue weighted by atomic mass is 16.5. The number of carbonyl (C=O) groups excluding carboxylic acids is 1.